The van der Waals surface area contributed by atoms with Crippen LogP contribution in [0.1, 0.15) is 13.8 Å². The molecule has 10 nitrogen and oxygen atoms in total. The van der Waals surface area contributed by atoms with Crippen LogP contribution in [-0.4, -0.2) is 39.5 Å². The Morgan fingerprint density at radius 2 is 1.39 bits per heavy atom. The van der Waals surface area contributed by atoms with Gasteiger partial charge in [-0.2, -0.15) is 0 Å². The second-order valence-electron chi connectivity index (χ2n) is 2.80. The van der Waals surface area contributed by atoms with Gasteiger partial charge in [0.25, 0.3) is 5.40 Å². The zero-order valence-electron chi connectivity index (χ0n) is 9.59. The Balaban J connectivity index is 5.12. The maximum atomic E-state index is 11.5. The third kappa shape index (κ3) is 5.13. The van der Waals surface area contributed by atoms with Crippen LogP contribution in [0.5, 0.6) is 0 Å². The molecule has 0 aliphatic carbocycles. The highest BCUT2D eigenvalue weighted by molar-refractivity contribution is 7.73. The number of carboxylic acids is 1. The van der Waals surface area contributed by atoms with Gasteiger partial charge in [0.2, 0.25) is 0 Å². The van der Waals surface area contributed by atoms with Crippen LogP contribution in [0.15, 0.2) is 0 Å². The summed E-state index contributed by atoms with van der Waals surface area (Å²) in [7, 11) is -10.2. The summed E-state index contributed by atoms with van der Waals surface area (Å²) in [6.45, 7) is 2.45. The van der Waals surface area contributed by atoms with Crippen molar-refractivity contribution in [3.05, 3.63) is 0 Å². The molecule has 0 rings (SSSR count). The topological polar surface area (TPSA) is 149 Å². The fourth-order valence-electron chi connectivity index (χ4n) is 0.801. The largest absolute Gasteiger partial charge is 0.480 e. The number of carboxylic acid groups (broad SMARTS) is 1. The summed E-state index contributed by atoms with van der Waals surface area (Å²) in [6.07, 6.45) is 0. The van der Waals surface area contributed by atoms with Crippen molar-refractivity contribution in [2.24, 2.45) is 0 Å². The van der Waals surface area contributed by atoms with Gasteiger partial charge in [0.15, 0.2) is 0 Å². The second kappa shape index (κ2) is 7.32. The lowest BCUT2D eigenvalue weighted by Gasteiger charge is -2.20. The third-order valence-corrected chi connectivity index (χ3v) is 5.46. The van der Waals surface area contributed by atoms with Crippen molar-refractivity contribution in [3.63, 3.8) is 0 Å². The molecule has 0 radical (unpaired) electrons. The zero-order valence-corrected chi connectivity index (χ0v) is 11.4. The van der Waals surface area contributed by atoms with E-state index in [-0.39, 0.29) is 13.2 Å². The van der Waals surface area contributed by atoms with E-state index >= 15 is 0 Å². The fourth-order valence-corrected chi connectivity index (χ4v) is 3.74. The van der Waals surface area contributed by atoms with Gasteiger partial charge in [-0.25, -0.2) is 9.78 Å². The molecule has 0 aliphatic heterocycles. The molecule has 0 aromatic heterocycles. The Hall–Kier alpha value is -0.310. The molecule has 0 amide bonds. The Bertz CT molecular complexity index is 339. The summed E-state index contributed by atoms with van der Waals surface area (Å²) in [4.78, 5) is 37.6. The molecule has 0 saturated heterocycles. The van der Waals surface area contributed by atoms with Gasteiger partial charge in [0.1, 0.15) is 0 Å². The van der Waals surface area contributed by atoms with E-state index in [1.54, 1.807) is 0 Å². The van der Waals surface area contributed by atoms with Crippen molar-refractivity contribution in [2.75, 3.05) is 13.2 Å². The molecule has 0 spiro atoms. The lowest BCUT2D eigenvalue weighted by atomic mass is 10.8. The molecule has 0 saturated carbocycles. The Labute approximate surface area is 102 Å². The van der Waals surface area contributed by atoms with Crippen LogP contribution in [0.3, 0.4) is 0 Å². The van der Waals surface area contributed by atoms with Gasteiger partial charge in [-0.3, -0.25) is 13.9 Å². The molecule has 0 aromatic rings. The molecule has 3 N–H and O–H groups in total. The number of carbonyl (C=O) groups is 1. The van der Waals surface area contributed by atoms with Crippen molar-refractivity contribution >= 4 is 21.2 Å². The van der Waals surface area contributed by atoms with Crippen LogP contribution in [0, 0.1) is 0 Å². The van der Waals surface area contributed by atoms with E-state index in [4.69, 9.17) is 5.11 Å². The van der Waals surface area contributed by atoms with E-state index in [2.05, 4.69) is 19.1 Å². The maximum Gasteiger partial charge on any atom is 0.381 e. The van der Waals surface area contributed by atoms with Crippen LogP contribution in [0.2, 0.25) is 0 Å². The van der Waals surface area contributed by atoms with Gasteiger partial charge < -0.3 is 14.9 Å². The molecular formula is C6H14O10P2. The lowest BCUT2D eigenvalue weighted by Crippen LogP contribution is -2.23. The quantitative estimate of drug-likeness (QED) is 0.315. The molecule has 0 aliphatic rings. The monoisotopic (exact) mass is 308 g/mol. The summed E-state index contributed by atoms with van der Waals surface area (Å²) in [5.41, 5.74) is 0. The fraction of sp³-hybridized carbons (Fsp3) is 0.833. The number of aliphatic carboxylic acids is 1. The van der Waals surface area contributed by atoms with Gasteiger partial charge >= 0.3 is 21.2 Å². The second-order valence-corrected chi connectivity index (χ2v) is 6.80. The van der Waals surface area contributed by atoms with Crippen LogP contribution in [-0.2, 0) is 33.0 Å². The van der Waals surface area contributed by atoms with E-state index in [1.807, 2.05) is 0 Å². The zero-order chi connectivity index (χ0) is 14.4. The molecule has 0 fully saturated rings. The highest BCUT2D eigenvalue weighted by Crippen LogP contribution is 2.65. The number of hydrogen-bond donors (Lipinski definition) is 3. The summed E-state index contributed by atoms with van der Waals surface area (Å²) in [5.74, 6) is -2.06. The van der Waals surface area contributed by atoms with Crippen LogP contribution in [0.25, 0.3) is 0 Å². The molecule has 12 heteroatoms. The molecule has 0 heterocycles. The third-order valence-electron chi connectivity index (χ3n) is 1.39. The van der Waals surface area contributed by atoms with Crippen molar-refractivity contribution in [3.8, 4) is 0 Å². The average Bonchev–Trinajstić information content (AvgIpc) is 2.22. The predicted octanol–water partition coefficient (Wildman–Crippen LogP) is 0.704. The molecule has 18 heavy (non-hydrogen) atoms. The van der Waals surface area contributed by atoms with Gasteiger partial charge in [-0.05, 0) is 13.8 Å². The smallest absolute Gasteiger partial charge is 0.381 e. The molecule has 2 unspecified atom stereocenters. The Kier molecular flexibility index (Phi) is 7.19. The first-order valence-electron chi connectivity index (χ1n) is 4.69. The summed E-state index contributed by atoms with van der Waals surface area (Å²) < 4.78 is 30.8. The first-order chi connectivity index (χ1) is 8.19. The molecule has 0 aromatic carbocycles. The highest BCUT2D eigenvalue weighted by atomic mass is 31.2. The summed E-state index contributed by atoms with van der Waals surface area (Å²) >= 11 is 0. The van der Waals surface area contributed by atoms with Gasteiger partial charge in [-0.15, -0.1) is 9.35 Å². The molecule has 2 atom stereocenters. The predicted molar refractivity (Wildman–Crippen MR) is 56.5 cm³/mol. The van der Waals surface area contributed by atoms with Crippen molar-refractivity contribution in [1.29, 1.82) is 0 Å². The van der Waals surface area contributed by atoms with Gasteiger partial charge in [0, 0.05) is 0 Å². The van der Waals surface area contributed by atoms with E-state index in [0.717, 1.165) is 0 Å². The van der Waals surface area contributed by atoms with Crippen LogP contribution >= 0.6 is 15.2 Å². The van der Waals surface area contributed by atoms with Crippen molar-refractivity contribution in [2.45, 2.75) is 19.2 Å². The minimum absolute atomic E-state index is 0.168. The summed E-state index contributed by atoms with van der Waals surface area (Å²) in [5, 5.41) is 5.97. The first-order valence-corrected chi connectivity index (χ1v) is 7.98. The Morgan fingerprint density at radius 3 is 1.61 bits per heavy atom. The molecular weight excluding hydrogens is 294 g/mol. The number of rotatable bonds is 9. The Morgan fingerprint density at radius 1 is 1.06 bits per heavy atom. The van der Waals surface area contributed by atoms with Crippen molar-refractivity contribution in [1.82, 2.24) is 0 Å². The van der Waals surface area contributed by atoms with Crippen LogP contribution in [0.4, 0.5) is 0 Å². The standard InChI is InChI=1S/C6H14O10P2/c1-3-13-15-17(9,10)6(5(7)8)18(11,12)16-14-4-2/h6H,3-4H2,1-2H3,(H,7,8)(H,9,10)(H,11,12). The number of hydrogen-bond acceptors (Lipinski definition) is 7. The minimum Gasteiger partial charge on any atom is -0.480 e. The van der Waals surface area contributed by atoms with E-state index < -0.39 is 26.6 Å². The van der Waals surface area contributed by atoms with Crippen molar-refractivity contribution < 1.29 is 47.9 Å². The normalized spacial score (nSPS) is 19.8. The highest BCUT2D eigenvalue weighted by Gasteiger charge is 2.55. The van der Waals surface area contributed by atoms with E-state index in [1.165, 1.54) is 13.8 Å². The first kappa shape index (κ1) is 17.7. The van der Waals surface area contributed by atoms with E-state index in [0.29, 0.717) is 0 Å². The van der Waals surface area contributed by atoms with E-state index in [9.17, 15) is 23.7 Å². The maximum absolute atomic E-state index is 11.5. The molecule has 0 bridgehead atoms. The average molecular weight is 308 g/mol. The SMILES string of the molecule is CCOOP(=O)(O)C(C(=O)O)P(=O)(O)OOCC. The minimum atomic E-state index is -5.08. The molecule has 108 valence electrons. The van der Waals surface area contributed by atoms with Gasteiger partial charge in [-0.1, -0.05) is 0 Å². The van der Waals surface area contributed by atoms with Gasteiger partial charge in [0.05, 0.1) is 13.2 Å². The van der Waals surface area contributed by atoms with Crippen LogP contribution < -0.4 is 0 Å². The summed E-state index contributed by atoms with van der Waals surface area (Å²) in [6, 6.07) is 0. The lowest BCUT2D eigenvalue weighted by molar-refractivity contribution is -0.215.